The number of nitrogens with one attached hydrogen (secondary N) is 1. The lowest BCUT2D eigenvalue weighted by atomic mass is 9.86. The van der Waals surface area contributed by atoms with Gasteiger partial charge in [-0.1, -0.05) is 83.0 Å². The molecule has 1 aliphatic heterocycles. The third kappa shape index (κ3) is 5.56. The Hall–Kier alpha value is -4.60. The molecule has 0 bridgehead atoms. The van der Waals surface area contributed by atoms with E-state index in [4.69, 9.17) is 33.1 Å². The molecule has 6 rings (SSSR count). The number of anilines is 1. The molecule has 0 aliphatic carbocycles. The summed E-state index contributed by atoms with van der Waals surface area (Å²) in [6.45, 7) is 1.70. The highest BCUT2D eigenvalue weighted by Crippen LogP contribution is 2.49. The lowest BCUT2D eigenvalue weighted by molar-refractivity contribution is -0.275. The van der Waals surface area contributed by atoms with Crippen molar-refractivity contribution in [2.45, 2.75) is 25.1 Å². The van der Waals surface area contributed by atoms with Gasteiger partial charge in [0, 0.05) is 39.2 Å². The van der Waals surface area contributed by atoms with Crippen molar-refractivity contribution < 1.29 is 22.8 Å². The van der Waals surface area contributed by atoms with Gasteiger partial charge in [0.15, 0.2) is 0 Å². The zero-order chi connectivity index (χ0) is 31.1. The average molecular weight is 635 g/mol. The van der Waals surface area contributed by atoms with Crippen molar-refractivity contribution in [2.24, 2.45) is 5.16 Å². The molecule has 1 N–H and O–H groups in total. The SMILES string of the molecule is Cc1cc(C2=NOC(c3cc(Cl)cc(Cl)c3)(C(F)(F)F)C2)ccc1C(=O)Nc1cc(-c2ccccc2)nn1-c1ccccc1. The molecule has 0 fully saturated rings. The quantitative estimate of drug-likeness (QED) is 0.203. The number of para-hydroxylation sites is 1. The molecule has 1 atom stereocenters. The van der Waals surface area contributed by atoms with Crippen molar-refractivity contribution in [3.63, 3.8) is 0 Å². The van der Waals surface area contributed by atoms with Crippen LogP contribution in [0, 0.1) is 6.92 Å². The van der Waals surface area contributed by atoms with Crippen molar-refractivity contribution in [3.8, 4) is 16.9 Å². The molecule has 2 heterocycles. The van der Waals surface area contributed by atoms with E-state index in [0.29, 0.717) is 28.2 Å². The minimum Gasteiger partial charge on any atom is -0.374 e. The van der Waals surface area contributed by atoms with E-state index in [2.05, 4.69) is 10.5 Å². The third-order valence-electron chi connectivity index (χ3n) is 7.34. The molecule has 0 radical (unpaired) electrons. The topological polar surface area (TPSA) is 68.5 Å². The Balaban J connectivity index is 1.28. The van der Waals surface area contributed by atoms with Crippen LogP contribution in [0.15, 0.2) is 108 Å². The molecule has 44 heavy (non-hydrogen) atoms. The van der Waals surface area contributed by atoms with E-state index in [1.54, 1.807) is 35.9 Å². The largest absolute Gasteiger partial charge is 0.435 e. The molecular weight excluding hydrogens is 612 g/mol. The van der Waals surface area contributed by atoms with E-state index < -0.39 is 24.1 Å². The minimum absolute atomic E-state index is 0.0453. The summed E-state index contributed by atoms with van der Waals surface area (Å²) in [5.74, 6) is 0.0424. The maximum Gasteiger partial charge on any atom is 0.435 e. The number of alkyl halides is 3. The molecule has 0 saturated heterocycles. The van der Waals surface area contributed by atoms with Crippen molar-refractivity contribution in [3.05, 3.63) is 135 Å². The number of halogens is 5. The first-order valence-corrected chi connectivity index (χ1v) is 14.2. The third-order valence-corrected chi connectivity index (χ3v) is 7.78. The lowest BCUT2D eigenvalue weighted by Crippen LogP contribution is -2.42. The molecule has 222 valence electrons. The molecular formula is C33H23Cl2F3N4O2. The summed E-state index contributed by atoms with van der Waals surface area (Å²) < 4.78 is 44.9. The molecule has 1 amide bonds. The Morgan fingerprint density at radius 3 is 2.18 bits per heavy atom. The summed E-state index contributed by atoms with van der Waals surface area (Å²) >= 11 is 12.0. The standard InChI is InChI=1S/C33H23Cl2F3N4O2/c1-20-14-22(29-19-32(44-41-29,33(36,37)38)23-15-24(34)17-25(35)16-23)12-13-27(20)31(43)39-30-18-28(21-8-4-2-5-9-21)40-42(30)26-10-6-3-7-11-26/h2-18H,19H2,1H3,(H,39,43). The minimum atomic E-state index is -4.82. The van der Waals surface area contributed by atoms with Gasteiger partial charge in [0.25, 0.3) is 11.5 Å². The number of carbonyl (C=O) groups is 1. The summed E-state index contributed by atoms with van der Waals surface area (Å²) in [7, 11) is 0. The van der Waals surface area contributed by atoms with Crippen LogP contribution in [0.5, 0.6) is 0 Å². The average Bonchev–Trinajstić information content (AvgIpc) is 3.64. The number of hydrogen-bond acceptors (Lipinski definition) is 4. The van der Waals surface area contributed by atoms with Gasteiger partial charge in [-0.05, 0) is 60.5 Å². The Labute approximate surface area is 260 Å². The lowest BCUT2D eigenvalue weighted by Gasteiger charge is -2.29. The summed E-state index contributed by atoms with van der Waals surface area (Å²) in [5, 5.41) is 11.6. The van der Waals surface area contributed by atoms with Crippen LogP contribution >= 0.6 is 23.2 Å². The highest BCUT2D eigenvalue weighted by molar-refractivity contribution is 6.34. The van der Waals surface area contributed by atoms with Gasteiger partial charge in [0.1, 0.15) is 5.82 Å². The fraction of sp³-hybridized carbons (Fsp3) is 0.121. The predicted octanol–water partition coefficient (Wildman–Crippen LogP) is 8.99. The fourth-order valence-corrected chi connectivity index (χ4v) is 5.64. The number of nitrogens with zero attached hydrogens (tertiary/aromatic N) is 3. The summed E-state index contributed by atoms with van der Waals surface area (Å²) in [4.78, 5) is 18.6. The Bertz CT molecular complexity index is 1870. The highest BCUT2D eigenvalue weighted by atomic mass is 35.5. The number of aromatic nitrogens is 2. The molecule has 11 heteroatoms. The second-order valence-corrected chi connectivity index (χ2v) is 11.2. The molecule has 0 saturated carbocycles. The van der Waals surface area contributed by atoms with Crippen molar-refractivity contribution in [2.75, 3.05) is 5.32 Å². The van der Waals surface area contributed by atoms with E-state index >= 15 is 0 Å². The summed E-state index contributed by atoms with van der Waals surface area (Å²) in [6, 6.07) is 29.1. The van der Waals surface area contributed by atoms with Gasteiger partial charge in [-0.3, -0.25) is 4.79 Å². The fourth-order valence-electron chi connectivity index (χ4n) is 5.11. The van der Waals surface area contributed by atoms with Crippen LogP contribution in [-0.2, 0) is 10.4 Å². The first-order chi connectivity index (χ1) is 21.0. The van der Waals surface area contributed by atoms with Crippen LogP contribution in [0.2, 0.25) is 10.0 Å². The Morgan fingerprint density at radius 2 is 1.55 bits per heavy atom. The van der Waals surface area contributed by atoms with Crippen LogP contribution < -0.4 is 5.32 Å². The normalized spacial score (nSPS) is 16.4. The van der Waals surface area contributed by atoms with Crippen molar-refractivity contribution in [1.82, 2.24) is 9.78 Å². The van der Waals surface area contributed by atoms with Gasteiger partial charge in [-0.25, -0.2) is 4.68 Å². The van der Waals surface area contributed by atoms with Crippen LogP contribution in [0.25, 0.3) is 16.9 Å². The monoisotopic (exact) mass is 634 g/mol. The summed E-state index contributed by atoms with van der Waals surface area (Å²) in [6.07, 6.45) is -5.42. The molecule has 1 unspecified atom stereocenters. The van der Waals surface area contributed by atoms with Gasteiger partial charge in [-0.2, -0.15) is 18.3 Å². The molecule has 1 aliphatic rings. The molecule has 1 aromatic heterocycles. The highest BCUT2D eigenvalue weighted by Gasteiger charge is 2.62. The zero-order valence-electron chi connectivity index (χ0n) is 23.1. The number of rotatable bonds is 6. The van der Waals surface area contributed by atoms with Crippen LogP contribution in [0.1, 0.15) is 33.5 Å². The van der Waals surface area contributed by atoms with E-state index in [-0.39, 0.29) is 21.3 Å². The summed E-state index contributed by atoms with van der Waals surface area (Å²) in [5.41, 5.74) is 0.628. The number of hydrogen-bond donors (Lipinski definition) is 1. The van der Waals surface area contributed by atoms with Gasteiger partial charge < -0.3 is 10.2 Å². The first-order valence-electron chi connectivity index (χ1n) is 13.5. The predicted molar refractivity (Wildman–Crippen MR) is 165 cm³/mol. The van der Waals surface area contributed by atoms with Gasteiger partial charge >= 0.3 is 6.18 Å². The molecule has 6 nitrogen and oxygen atoms in total. The van der Waals surface area contributed by atoms with Gasteiger partial charge in [0.2, 0.25) is 0 Å². The molecule has 0 spiro atoms. The number of benzene rings is 4. The van der Waals surface area contributed by atoms with Crippen molar-refractivity contribution in [1.29, 1.82) is 0 Å². The van der Waals surface area contributed by atoms with Gasteiger partial charge in [-0.15, -0.1) is 0 Å². The van der Waals surface area contributed by atoms with Crippen LogP contribution in [0.3, 0.4) is 0 Å². The van der Waals surface area contributed by atoms with Crippen LogP contribution in [0.4, 0.5) is 19.0 Å². The smallest absolute Gasteiger partial charge is 0.374 e. The Kier molecular flexibility index (Phi) is 7.69. The second kappa shape index (κ2) is 11.5. The van der Waals surface area contributed by atoms with E-state index in [9.17, 15) is 18.0 Å². The van der Waals surface area contributed by atoms with E-state index in [1.807, 2.05) is 60.7 Å². The Morgan fingerprint density at radius 1 is 0.886 bits per heavy atom. The second-order valence-electron chi connectivity index (χ2n) is 10.3. The maximum absolute atomic E-state index is 14.4. The molecule has 4 aromatic carbocycles. The van der Waals surface area contributed by atoms with E-state index in [0.717, 1.165) is 11.3 Å². The van der Waals surface area contributed by atoms with Crippen LogP contribution in [-0.4, -0.2) is 27.6 Å². The zero-order valence-corrected chi connectivity index (χ0v) is 24.6. The number of carbonyl (C=O) groups excluding carboxylic acids is 1. The van der Waals surface area contributed by atoms with Crippen molar-refractivity contribution >= 4 is 40.6 Å². The first kappa shape index (κ1) is 29.5. The number of oxime groups is 1. The maximum atomic E-state index is 14.4. The molecule has 5 aromatic rings. The van der Waals surface area contributed by atoms with E-state index in [1.165, 1.54) is 18.2 Å². The van der Waals surface area contributed by atoms with Gasteiger partial charge in [0.05, 0.1) is 17.1 Å². The number of aryl methyl sites for hydroxylation is 1. The number of amides is 1.